The molecule has 1 aliphatic rings. The minimum absolute atomic E-state index is 0.267. The van der Waals surface area contributed by atoms with Gasteiger partial charge < -0.3 is 10.3 Å². The van der Waals surface area contributed by atoms with E-state index in [-0.39, 0.29) is 11.6 Å². The van der Waals surface area contributed by atoms with E-state index in [0.717, 1.165) is 22.3 Å². The molecule has 2 N–H and O–H groups in total. The summed E-state index contributed by atoms with van der Waals surface area (Å²) in [5.41, 5.74) is -1.62. The van der Waals surface area contributed by atoms with Crippen LogP contribution in [0, 0.1) is 0 Å². The van der Waals surface area contributed by atoms with Gasteiger partial charge >= 0.3 is 6.18 Å². The van der Waals surface area contributed by atoms with E-state index in [4.69, 9.17) is 0 Å². The number of alkyl halides is 3. The van der Waals surface area contributed by atoms with Crippen molar-refractivity contribution < 1.29 is 18.0 Å². The number of pyridine rings is 1. The molecule has 0 radical (unpaired) electrons. The Labute approximate surface area is 139 Å². The Bertz CT molecular complexity index is 833. The number of halogens is 3. The van der Waals surface area contributed by atoms with Gasteiger partial charge in [-0.15, -0.1) is 11.8 Å². The molecule has 24 heavy (non-hydrogen) atoms. The van der Waals surface area contributed by atoms with Crippen molar-refractivity contribution in [3.05, 3.63) is 63.6 Å². The van der Waals surface area contributed by atoms with Gasteiger partial charge in [-0.3, -0.25) is 9.59 Å². The zero-order valence-electron chi connectivity index (χ0n) is 12.3. The predicted octanol–water partition coefficient (Wildman–Crippen LogP) is 3.36. The van der Waals surface area contributed by atoms with Gasteiger partial charge in [-0.05, 0) is 30.2 Å². The van der Waals surface area contributed by atoms with E-state index in [2.05, 4.69) is 5.32 Å². The van der Waals surface area contributed by atoms with Gasteiger partial charge in [0.05, 0.1) is 6.04 Å². The van der Waals surface area contributed by atoms with Crippen LogP contribution in [0.15, 0.2) is 46.1 Å². The normalized spacial score (nSPS) is 17.2. The van der Waals surface area contributed by atoms with Crippen molar-refractivity contribution in [3.8, 4) is 0 Å². The molecule has 2 aromatic rings. The van der Waals surface area contributed by atoms with E-state index in [9.17, 15) is 22.8 Å². The van der Waals surface area contributed by atoms with Crippen LogP contribution in [0.3, 0.4) is 0 Å². The molecule has 2 heterocycles. The number of thioether (sulfide) groups is 1. The van der Waals surface area contributed by atoms with E-state index in [1.165, 1.54) is 0 Å². The number of nitrogens with one attached hydrogen (secondary N) is 2. The maximum atomic E-state index is 12.6. The van der Waals surface area contributed by atoms with E-state index in [1.807, 2.05) is 24.3 Å². The highest BCUT2D eigenvalue weighted by molar-refractivity contribution is 7.99. The Kier molecular flexibility index (Phi) is 4.40. The molecule has 1 aromatic heterocycles. The molecule has 8 heteroatoms. The van der Waals surface area contributed by atoms with Crippen LogP contribution in [0.5, 0.6) is 0 Å². The zero-order chi connectivity index (χ0) is 17.3. The third-order valence-corrected chi connectivity index (χ3v) is 4.85. The first-order chi connectivity index (χ1) is 11.4. The average Bonchev–Trinajstić information content (AvgIpc) is 2.54. The Morgan fingerprint density at radius 1 is 1.21 bits per heavy atom. The number of fused-ring (bicyclic) bond motifs is 1. The number of H-pyrrole nitrogens is 1. The number of aromatic nitrogens is 1. The highest BCUT2D eigenvalue weighted by Crippen LogP contribution is 2.35. The van der Waals surface area contributed by atoms with Gasteiger partial charge in [-0.1, -0.05) is 18.2 Å². The van der Waals surface area contributed by atoms with Gasteiger partial charge in [0.1, 0.15) is 11.3 Å². The molecular formula is C16H13F3N2O2S. The van der Waals surface area contributed by atoms with E-state index < -0.39 is 23.3 Å². The smallest absolute Gasteiger partial charge is 0.345 e. The molecule has 3 rings (SSSR count). The van der Waals surface area contributed by atoms with Crippen molar-refractivity contribution in [1.29, 1.82) is 0 Å². The van der Waals surface area contributed by atoms with Crippen molar-refractivity contribution in [3.63, 3.8) is 0 Å². The fraction of sp³-hybridized carbons (Fsp3) is 0.250. The molecule has 1 aliphatic heterocycles. The molecule has 4 nitrogen and oxygen atoms in total. The molecule has 0 aliphatic carbocycles. The number of benzene rings is 1. The van der Waals surface area contributed by atoms with E-state index in [0.29, 0.717) is 12.5 Å². The van der Waals surface area contributed by atoms with Gasteiger partial charge in [0.15, 0.2) is 0 Å². The Balaban J connectivity index is 1.83. The quantitative estimate of drug-likeness (QED) is 0.869. The Hall–Kier alpha value is -2.22. The molecule has 1 aromatic carbocycles. The minimum atomic E-state index is -4.66. The molecule has 0 saturated heterocycles. The fourth-order valence-electron chi connectivity index (χ4n) is 2.55. The number of rotatable bonds is 2. The molecule has 1 unspecified atom stereocenters. The summed E-state index contributed by atoms with van der Waals surface area (Å²) in [6.07, 6.45) is -3.97. The van der Waals surface area contributed by atoms with Gasteiger partial charge in [-0.25, -0.2) is 0 Å². The van der Waals surface area contributed by atoms with Crippen LogP contribution in [0.4, 0.5) is 13.2 Å². The van der Waals surface area contributed by atoms with E-state index >= 15 is 0 Å². The first kappa shape index (κ1) is 16.6. The fourth-order valence-corrected chi connectivity index (χ4v) is 3.67. The number of carbonyl (C=O) groups excluding carboxylic acids is 1. The summed E-state index contributed by atoms with van der Waals surface area (Å²) in [7, 11) is 0. The second-order valence-electron chi connectivity index (χ2n) is 5.31. The van der Waals surface area contributed by atoms with E-state index in [1.54, 1.807) is 16.7 Å². The number of hydrogen-bond acceptors (Lipinski definition) is 3. The molecule has 0 saturated carbocycles. The summed E-state index contributed by atoms with van der Waals surface area (Å²) in [6.45, 7) is 0. The number of aromatic amines is 1. The highest BCUT2D eigenvalue weighted by Gasteiger charge is 2.32. The standard InChI is InChI=1S/C16H13F3N2O2S/c17-16(18,19)13-6-5-10(15(23)21-13)14(22)20-11-7-8-24-12-4-2-1-3-9(11)12/h1-6,11H,7-8H2,(H,20,22)(H,21,23). The third kappa shape index (κ3) is 3.33. The van der Waals surface area contributed by atoms with Gasteiger partial charge in [-0.2, -0.15) is 13.2 Å². The van der Waals surface area contributed by atoms with Crippen LogP contribution in [0.1, 0.15) is 34.1 Å². The molecule has 0 spiro atoms. The highest BCUT2D eigenvalue weighted by atomic mass is 32.2. The second-order valence-corrected chi connectivity index (χ2v) is 6.45. The van der Waals surface area contributed by atoms with Gasteiger partial charge in [0.2, 0.25) is 0 Å². The summed E-state index contributed by atoms with van der Waals surface area (Å²) in [5.74, 6) is 0.127. The Morgan fingerprint density at radius 3 is 2.67 bits per heavy atom. The van der Waals surface area contributed by atoms with Crippen LogP contribution >= 0.6 is 11.8 Å². The number of amides is 1. The van der Waals surface area contributed by atoms with Crippen LogP contribution in [0.25, 0.3) is 0 Å². The van der Waals surface area contributed by atoms with Crippen molar-refractivity contribution in [2.75, 3.05) is 5.75 Å². The lowest BCUT2D eigenvalue weighted by molar-refractivity contribution is -0.141. The lowest BCUT2D eigenvalue weighted by Gasteiger charge is -2.25. The lowest BCUT2D eigenvalue weighted by Crippen LogP contribution is -2.34. The first-order valence-corrected chi connectivity index (χ1v) is 8.18. The first-order valence-electron chi connectivity index (χ1n) is 7.19. The molecule has 126 valence electrons. The largest absolute Gasteiger partial charge is 0.431 e. The topological polar surface area (TPSA) is 62.0 Å². The van der Waals surface area contributed by atoms with Crippen LogP contribution < -0.4 is 10.9 Å². The monoisotopic (exact) mass is 354 g/mol. The minimum Gasteiger partial charge on any atom is -0.345 e. The van der Waals surface area contributed by atoms with Gasteiger partial charge in [0, 0.05) is 10.6 Å². The third-order valence-electron chi connectivity index (χ3n) is 3.72. The van der Waals surface area contributed by atoms with Crippen molar-refractivity contribution in [2.24, 2.45) is 0 Å². The molecule has 1 amide bonds. The van der Waals surface area contributed by atoms with Crippen molar-refractivity contribution in [1.82, 2.24) is 10.3 Å². The summed E-state index contributed by atoms with van der Waals surface area (Å²) in [4.78, 5) is 26.8. The van der Waals surface area contributed by atoms with Crippen LogP contribution in [0.2, 0.25) is 0 Å². The zero-order valence-corrected chi connectivity index (χ0v) is 13.1. The molecule has 1 atom stereocenters. The SMILES string of the molecule is O=C(NC1CCSc2ccccc21)c1ccc(C(F)(F)F)[nH]c1=O. The molecule has 0 bridgehead atoms. The van der Waals surface area contributed by atoms with Crippen molar-refractivity contribution >= 4 is 17.7 Å². The maximum Gasteiger partial charge on any atom is 0.431 e. The number of carbonyl (C=O) groups is 1. The summed E-state index contributed by atoms with van der Waals surface area (Å²) in [5, 5.41) is 2.74. The Morgan fingerprint density at radius 2 is 1.96 bits per heavy atom. The molecule has 0 fully saturated rings. The lowest BCUT2D eigenvalue weighted by atomic mass is 10.0. The maximum absolute atomic E-state index is 12.6. The van der Waals surface area contributed by atoms with Crippen LogP contribution in [-0.4, -0.2) is 16.6 Å². The summed E-state index contributed by atoms with van der Waals surface area (Å²) in [6, 6.07) is 8.93. The van der Waals surface area contributed by atoms with Crippen molar-refractivity contribution in [2.45, 2.75) is 23.5 Å². The predicted molar refractivity (Wildman–Crippen MR) is 84.1 cm³/mol. The second kappa shape index (κ2) is 6.35. The molecular weight excluding hydrogens is 341 g/mol. The number of hydrogen-bond donors (Lipinski definition) is 2. The summed E-state index contributed by atoms with van der Waals surface area (Å²) < 4.78 is 37.7. The van der Waals surface area contributed by atoms with Crippen LogP contribution in [-0.2, 0) is 6.18 Å². The summed E-state index contributed by atoms with van der Waals surface area (Å²) >= 11 is 1.68. The average molecular weight is 354 g/mol. The van der Waals surface area contributed by atoms with Gasteiger partial charge in [0.25, 0.3) is 11.5 Å².